The lowest BCUT2D eigenvalue weighted by Crippen LogP contribution is -2.49. The van der Waals surface area contributed by atoms with E-state index in [0.29, 0.717) is 19.5 Å². The molecule has 1 aromatic rings. The quantitative estimate of drug-likeness (QED) is 0.849. The van der Waals surface area contributed by atoms with Crippen molar-refractivity contribution in [2.24, 2.45) is 5.73 Å². The number of hydrogen-bond donors (Lipinski definition) is 2. The molecule has 3 rings (SSSR count). The van der Waals surface area contributed by atoms with Crippen LogP contribution in [-0.2, 0) is 4.79 Å². The molecule has 2 saturated heterocycles. The number of nitrogens with two attached hydrogens (primary N) is 1. The maximum absolute atomic E-state index is 12.4. The predicted molar refractivity (Wildman–Crippen MR) is 84.6 cm³/mol. The van der Waals surface area contributed by atoms with Gasteiger partial charge < -0.3 is 20.4 Å². The third kappa shape index (κ3) is 3.50. The Morgan fingerprint density at radius 3 is 2.74 bits per heavy atom. The van der Waals surface area contributed by atoms with Gasteiger partial charge in [-0.15, -0.1) is 0 Å². The topological polar surface area (TPSA) is 91.8 Å². The van der Waals surface area contributed by atoms with E-state index in [9.17, 15) is 9.59 Å². The van der Waals surface area contributed by atoms with Gasteiger partial charge in [-0.05, 0) is 50.9 Å². The molecule has 3 amide bonds. The fraction of sp³-hybridized carbons (Fsp3) is 0.625. The third-order valence-electron chi connectivity index (χ3n) is 4.74. The highest BCUT2D eigenvalue weighted by Crippen LogP contribution is 2.25. The first-order valence-electron chi connectivity index (χ1n) is 8.28. The van der Waals surface area contributed by atoms with E-state index in [-0.39, 0.29) is 12.1 Å². The summed E-state index contributed by atoms with van der Waals surface area (Å²) in [5.41, 5.74) is 5.37. The van der Waals surface area contributed by atoms with Crippen LogP contribution in [0.4, 0.5) is 4.79 Å². The van der Waals surface area contributed by atoms with E-state index >= 15 is 0 Å². The molecule has 0 aromatic carbocycles. The number of rotatable bonds is 5. The molecule has 23 heavy (non-hydrogen) atoms. The van der Waals surface area contributed by atoms with Crippen LogP contribution in [0.5, 0.6) is 0 Å². The zero-order chi connectivity index (χ0) is 16.2. The monoisotopic (exact) mass is 320 g/mol. The summed E-state index contributed by atoms with van der Waals surface area (Å²) < 4.78 is 5.54. The Kier molecular flexibility index (Phi) is 4.85. The smallest absolute Gasteiger partial charge is 0.318 e. The molecule has 0 bridgehead atoms. The van der Waals surface area contributed by atoms with Gasteiger partial charge in [0.05, 0.1) is 12.3 Å². The highest BCUT2D eigenvalue weighted by molar-refractivity contribution is 5.86. The van der Waals surface area contributed by atoms with Gasteiger partial charge in [0.1, 0.15) is 11.8 Å². The Morgan fingerprint density at radius 2 is 2.09 bits per heavy atom. The van der Waals surface area contributed by atoms with Crippen molar-refractivity contribution in [3.63, 3.8) is 0 Å². The summed E-state index contributed by atoms with van der Waals surface area (Å²) in [6, 6.07) is 3.14. The van der Waals surface area contributed by atoms with Gasteiger partial charge in [-0.3, -0.25) is 9.69 Å². The average molecular weight is 320 g/mol. The van der Waals surface area contributed by atoms with Gasteiger partial charge in [0.15, 0.2) is 0 Å². The van der Waals surface area contributed by atoms with Crippen LogP contribution in [0.2, 0.25) is 0 Å². The number of carbonyl (C=O) groups is 2. The highest BCUT2D eigenvalue weighted by atomic mass is 16.3. The first kappa shape index (κ1) is 15.9. The summed E-state index contributed by atoms with van der Waals surface area (Å²) in [7, 11) is 0. The van der Waals surface area contributed by atoms with Gasteiger partial charge in [0.25, 0.3) is 0 Å². The molecule has 2 fully saturated rings. The van der Waals surface area contributed by atoms with Crippen LogP contribution in [0, 0.1) is 0 Å². The van der Waals surface area contributed by atoms with E-state index in [1.54, 1.807) is 11.2 Å². The minimum absolute atomic E-state index is 0.0334. The summed E-state index contributed by atoms with van der Waals surface area (Å²) in [5, 5.41) is 2.95. The predicted octanol–water partition coefficient (Wildman–Crippen LogP) is 1.08. The summed E-state index contributed by atoms with van der Waals surface area (Å²) in [5.74, 6) is 0.430. The molecule has 0 saturated carbocycles. The van der Waals surface area contributed by atoms with E-state index in [1.165, 1.54) is 12.8 Å². The Hall–Kier alpha value is -2.02. The summed E-state index contributed by atoms with van der Waals surface area (Å²) in [6.07, 6.45) is 5.46. The number of urea groups is 1. The number of nitrogens with one attached hydrogen (secondary N) is 1. The SMILES string of the molecule is NC(=O)[C@H]1CCCN1C(=O)NC[C@H](c1ccco1)N1CCCC1. The Morgan fingerprint density at radius 1 is 1.30 bits per heavy atom. The maximum atomic E-state index is 12.4. The van der Waals surface area contributed by atoms with Crippen molar-refractivity contribution in [2.75, 3.05) is 26.2 Å². The molecule has 0 spiro atoms. The van der Waals surface area contributed by atoms with Crippen LogP contribution in [-0.4, -0.2) is 54.0 Å². The molecule has 3 heterocycles. The summed E-state index contributed by atoms with van der Waals surface area (Å²) in [6.45, 7) is 3.06. The van der Waals surface area contributed by atoms with Gasteiger partial charge in [-0.25, -0.2) is 4.79 Å². The van der Waals surface area contributed by atoms with E-state index in [4.69, 9.17) is 10.2 Å². The number of likely N-dealkylation sites (tertiary alicyclic amines) is 2. The normalized spacial score (nSPS) is 23.1. The Labute approximate surface area is 135 Å². The Bertz CT molecular complexity index is 540. The number of amides is 3. The largest absolute Gasteiger partial charge is 0.468 e. The average Bonchev–Trinajstić information content (AvgIpc) is 3.29. The molecule has 2 aliphatic rings. The highest BCUT2D eigenvalue weighted by Gasteiger charge is 2.33. The lowest BCUT2D eigenvalue weighted by atomic mass is 10.2. The second kappa shape index (κ2) is 7.04. The van der Waals surface area contributed by atoms with Crippen molar-refractivity contribution in [1.29, 1.82) is 0 Å². The standard InChI is InChI=1S/C16H24N4O3/c17-15(21)12-5-3-9-20(12)16(22)18-11-13(14-6-4-10-23-14)19-7-1-2-8-19/h4,6,10,12-13H,1-3,5,7-9,11H2,(H2,17,21)(H,18,22)/t12-,13-/m1/s1. The van der Waals surface area contributed by atoms with E-state index in [0.717, 1.165) is 25.3 Å². The molecule has 0 unspecified atom stereocenters. The maximum Gasteiger partial charge on any atom is 0.318 e. The van der Waals surface area contributed by atoms with Crippen molar-refractivity contribution >= 4 is 11.9 Å². The number of nitrogens with zero attached hydrogens (tertiary/aromatic N) is 2. The molecular weight excluding hydrogens is 296 g/mol. The first-order chi connectivity index (χ1) is 11.2. The molecule has 2 aliphatic heterocycles. The minimum Gasteiger partial charge on any atom is -0.468 e. The molecular formula is C16H24N4O3. The third-order valence-corrected chi connectivity index (χ3v) is 4.74. The molecule has 1 aromatic heterocycles. The van der Waals surface area contributed by atoms with Gasteiger partial charge in [-0.2, -0.15) is 0 Å². The minimum atomic E-state index is -0.483. The van der Waals surface area contributed by atoms with Crippen LogP contribution >= 0.6 is 0 Å². The van der Waals surface area contributed by atoms with Crippen LogP contribution in [0.25, 0.3) is 0 Å². The van der Waals surface area contributed by atoms with Crippen molar-refractivity contribution < 1.29 is 14.0 Å². The lowest BCUT2D eigenvalue weighted by molar-refractivity contribution is -0.121. The van der Waals surface area contributed by atoms with E-state index in [2.05, 4.69) is 10.2 Å². The molecule has 2 atom stereocenters. The number of primary amides is 1. The Balaban J connectivity index is 1.62. The molecule has 7 nitrogen and oxygen atoms in total. The zero-order valence-corrected chi connectivity index (χ0v) is 13.2. The number of hydrogen-bond acceptors (Lipinski definition) is 4. The molecule has 3 N–H and O–H groups in total. The van der Waals surface area contributed by atoms with Gasteiger partial charge in [0, 0.05) is 13.1 Å². The number of furan rings is 1. The lowest BCUT2D eigenvalue weighted by Gasteiger charge is -2.28. The van der Waals surface area contributed by atoms with Gasteiger partial charge >= 0.3 is 6.03 Å². The van der Waals surface area contributed by atoms with E-state index < -0.39 is 11.9 Å². The van der Waals surface area contributed by atoms with Crippen molar-refractivity contribution in [1.82, 2.24) is 15.1 Å². The first-order valence-corrected chi connectivity index (χ1v) is 8.28. The summed E-state index contributed by atoms with van der Waals surface area (Å²) in [4.78, 5) is 27.7. The van der Waals surface area contributed by atoms with Crippen molar-refractivity contribution in [2.45, 2.75) is 37.8 Å². The van der Waals surface area contributed by atoms with Gasteiger partial charge in [0.2, 0.25) is 5.91 Å². The van der Waals surface area contributed by atoms with Gasteiger partial charge in [-0.1, -0.05) is 0 Å². The second-order valence-corrected chi connectivity index (χ2v) is 6.21. The second-order valence-electron chi connectivity index (χ2n) is 6.21. The molecule has 0 aliphatic carbocycles. The summed E-state index contributed by atoms with van der Waals surface area (Å²) >= 11 is 0. The van der Waals surface area contributed by atoms with Crippen molar-refractivity contribution in [3.05, 3.63) is 24.2 Å². The van der Waals surface area contributed by atoms with Crippen LogP contribution in [0.15, 0.2) is 22.8 Å². The van der Waals surface area contributed by atoms with Crippen LogP contribution < -0.4 is 11.1 Å². The van der Waals surface area contributed by atoms with Crippen LogP contribution in [0.1, 0.15) is 37.5 Å². The fourth-order valence-electron chi connectivity index (χ4n) is 3.53. The van der Waals surface area contributed by atoms with Crippen molar-refractivity contribution in [3.8, 4) is 0 Å². The molecule has 7 heteroatoms. The fourth-order valence-corrected chi connectivity index (χ4v) is 3.53. The molecule has 0 radical (unpaired) electrons. The zero-order valence-electron chi connectivity index (χ0n) is 13.2. The van der Waals surface area contributed by atoms with Crippen LogP contribution in [0.3, 0.4) is 0 Å². The number of carbonyl (C=O) groups excluding carboxylic acids is 2. The molecule has 126 valence electrons. The van der Waals surface area contributed by atoms with E-state index in [1.807, 2.05) is 12.1 Å².